The summed E-state index contributed by atoms with van der Waals surface area (Å²) in [6.07, 6.45) is 6.07. The lowest BCUT2D eigenvalue weighted by Crippen LogP contribution is -2.23. The monoisotopic (exact) mass is 192 g/mol. The molecule has 76 valence electrons. The molecule has 1 aliphatic rings. The van der Waals surface area contributed by atoms with Crippen LogP contribution in [0.2, 0.25) is 0 Å². The molecule has 4 nitrogen and oxygen atoms in total. The summed E-state index contributed by atoms with van der Waals surface area (Å²) in [5.74, 6) is 0.990. The molecule has 0 amide bonds. The highest BCUT2D eigenvalue weighted by atomic mass is 15.3. The number of nitrogens with zero attached hydrogens (tertiary/aromatic N) is 3. The van der Waals surface area contributed by atoms with Crippen LogP contribution in [0.15, 0.2) is 11.9 Å². The molecule has 1 aliphatic heterocycles. The molecule has 0 unspecified atom stereocenters. The number of piperidine rings is 1. The van der Waals surface area contributed by atoms with E-state index in [0.29, 0.717) is 0 Å². The summed E-state index contributed by atoms with van der Waals surface area (Å²) >= 11 is 0. The Labute approximate surface area is 84.0 Å². The van der Waals surface area contributed by atoms with Gasteiger partial charge in [0.25, 0.3) is 0 Å². The van der Waals surface area contributed by atoms with Crippen LogP contribution < -0.4 is 5.32 Å². The summed E-state index contributed by atoms with van der Waals surface area (Å²) in [5.41, 5.74) is 1.48. The zero-order valence-electron chi connectivity index (χ0n) is 8.53. The molecule has 0 spiro atoms. The molecule has 1 fully saturated rings. The van der Waals surface area contributed by atoms with Crippen molar-refractivity contribution in [3.05, 3.63) is 17.7 Å². The molecule has 1 aromatic heterocycles. The van der Waals surface area contributed by atoms with Gasteiger partial charge in [0.05, 0.1) is 0 Å². The van der Waals surface area contributed by atoms with Crippen LogP contribution in [0.3, 0.4) is 0 Å². The van der Waals surface area contributed by atoms with Crippen molar-refractivity contribution in [2.24, 2.45) is 0 Å². The fourth-order valence-electron chi connectivity index (χ4n) is 1.70. The van der Waals surface area contributed by atoms with Crippen LogP contribution in [0.25, 0.3) is 6.08 Å². The van der Waals surface area contributed by atoms with Crippen molar-refractivity contribution in [1.29, 1.82) is 0 Å². The maximum atomic E-state index is 4.24. The minimum absolute atomic E-state index is 0.886. The van der Waals surface area contributed by atoms with E-state index in [4.69, 9.17) is 0 Å². The molecule has 2 heterocycles. The molecule has 0 aromatic carbocycles. The second-order valence-electron chi connectivity index (χ2n) is 3.49. The van der Waals surface area contributed by atoms with E-state index in [1.807, 2.05) is 4.68 Å². The maximum Gasteiger partial charge on any atom is 0.150 e. The fourth-order valence-corrected chi connectivity index (χ4v) is 1.70. The minimum atomic E-state index is 0.886. The summed E-state index contributed by atoms with van der Waals surface area (Å²) in [6, 6.07) is 0. The van der Waals surface area contributed by atoms with Crippen LogP contribution in [0, 0.1) is 0 Å². The van der Waals surface area contributed by atoms with Gasteiger partial charge in [-0.05, 0) is 38.9 Å². The normalized spacial score (nSPS) is 17.1. The summed E-state index contributed by atoms with van der Waals surface area (Å²) in [5, 5.41) is 7.48. The van der Waals surface area contributed by atoms with Crippen LogP contribution in [0.4, 0.5) is 0 Å². The first-order chi connectivity index (χ1) is 6.90. The third-order valence-corrected chi connectivity index (χ3v) is 2.52. The zero-order valence-corrected chi connectivity index (χ0v) is 8.53. The van der Waals surface area contributed by atoms with Gasteiger partial charge < -0.3 is 5.32 Å². The molecule has 0 aliphatic carbocycles. The first-order valence-electron chi connectivity index (χ1n) is 5.18. The lowest BCUT2D eigenvalue weighted by molar-refractivity contribution is 0.610. The first-order valence-corrected chi connectivity index (χ1v) is 5.18. The van der Waals surface area contributed by atoms with Gasteiger partial charge in [0.1, 0.15) is 6.33 Å². The number of nitrogens with one attached hydrogen (secondary N) is 1. The van der Waals surface area contributed by atoms with Crippen LogP contribution >= 0.6 is 0 Å². The van der Waals surface area contributed by atoms with E-state index in [-0.39, 0.29) is 0 Å². The van der Waals surface area contributed by atoms with E-state index in [0.717, 1.165) is 38.3 Å². The Kier molecular flexibility index (Phi) is 2.93. The highest BCUT2D eigenvalue weighted by molar-refractivity contribution is 5.45. The van der Waals surface area contributed by atoms with Crippen molar-refractivity contribution in [1.82, 2.24) is 20.1 Å². The maximum absolute atomic E-state index is 4.24. The number of rotatable bonds is 2. The Morgan fingerprint density at radius 2 is 2.29 bits per heavy atom. The van der Waals surface area contributed by atoms with E-state index in [1.54, 1.807) is 6.33 Å². The van der Waals surface area contributed by atoms with Crippen molar-refractivity contribution >= 4 is 6.08 Å². The van der Waals surface area contributed by atoms with Crippen LogP contribution in [0.5, 0.6) is 0 Å². The number of hydrogen-bond donors (Lipinski definition) is 1. The molecular formula is C10H16N4. The molecule has 0 atom stereocenters. The van der Waals surface area contributed by atoms with E-state index in [2.05, 4.69) is 28.4 Å². The van der Waals surface area contributed by atoms with Gasteiger partial charge in [-0.25, -0.2) is 9.67 Å². The Hall–Kier alpha value is -1.16. The SMILES string of the molecule is CCn1ncnc1C=C1CCNCC1. The van der Waals surface area contributed by atoms with E-state index >= 15 is 0 Å². The molecule has 0 bridgehead atoms. The molecule has 1 saturated heterocycles. The second kappa shape index (κ2) is 4.37. The van der Waals surface area contributed by atoms with Gasteiger partial charge in [-0.1, -0.05) is 5.57 Å². The van der Waals surface area contributed by atoms with Crippen LogP contribution in [-0.4, -0.2) is 27.9 Å². The quantitative estimate of drug-likeness (QED) is 0.762. The van der Waals surface area contributed by atoms with Gasteiger partial charge in [-0.2, -0.15) is 5.10 Å². The smallest absolute Gasteiger partial charge is 0.150 e. The van der Waals surface area contributed by atoms with E-state index < -0.39 is 0 Å². The van der Waals surface area contributed by atoms with Gasteiger partial charge >= 0.3 is 0 Å². The van der Waals surface area contributed by atoms with Crippen LogP contribution in [-0.2, 0) is 6.54 Å². The largest absolute Gasteiger partial charge is 0.316 e. The Bertz CT molecular complexity index is 319. The highest BCUT2D eigenvalue weighted by Gasteiger charge is 2.06. The number of aryl methyl sites for hydroxylation is 1. The van der Waals surface area contributed by atoms with Crippen molar-refractivity contribution in [3.8, 4) is 0 Å². The van der Waals surface area contributed by atoms with Gasteiger partial charge in [-0.3, -0.25) is 0 Å². The molecule has 1 N–H and O–H groups in total. The zero-order chi connectivity index (χ0) is 9.80. The van der Waals surface area contributed by atoms with Crippen molar-refractivity contribution in [2.45, 2.75) is 26.3 Å². The molecule has 1 aromatic rings. The van der Waals surface area contributed by atoms with Crippen molar-refractivity contribution < 1.29 is 0 Å². The molecule has 14 heavy (non-hydrogen) atoms. The average molecular weight is 192 g/mol. The topological polar surface area (TPSA) is 42.7 Å². The predicted molar refractivity (Wildman–Crippen MR) is 55.8 cm³/mol. The first kappa shape index (κ1) is 9.40. The molecule has 4 heteroatoms. The van der Waals surface area contributed by atoms with Gasteiger partial charge in [0.2, 0.25) is 0 Å². The lowest BCUT2D eigenvalue weighted by Gasteiger charge is -2.14. The van der Waals surface area contributed by atoms with E-state index in [9.17, 15) is 0 Å². The highest BCUT2D eigenvalue weighted by Crippen LogP contribution is 2.13. The summed E-state index contributed by atoms with van der Waals surface area (Å²) in [7, 11) is 0. The van der Waals surface area contributed by atoms with Gasteiger partial charge in [0, 0.05) is 6.54 Å². The second-order valence-corrected chi connectivity index (χ2v) is 3.49. The van der Waals surface area contributed by atoms with Crippen LogP contribution in [0.1, 0.15) is 25.6 Å². The predicted octanol–water partition coefficient (Wildman–Crippen LogP) is 1.06. The molecular weight excluding hydrogens is 176 g/mol. The Morgan fingerprint density at radius 1 is 1.50 bits per heavy atom. The summed E-state index contributed by atoms with van der Waals surface area (Å²) in [4.78, 5) is 4.24. The Morgan fingerprint density at radius 3 is 3.00 bits per heavy atom. The molecule has 0 saturated carbocycles. The summed E-state index contributed by atoms with van der Waals surface area (Å²) in [6.45, 7) is 5.15. The standard InChI is InChI=1S/C10H16N4/c1-2-14-10(12-8-13-14)7-9-3-5-11-6-4-9/h7-8,11H,2-6H2,1H3. The summed E-state index contributed by atoms with van der Waals surface area (Å²) < 4.78 is 1.93. The van der Waals surface area contributed by atoms with Crippen molar-refractivity contribution in [2.75, 3.05) is 13.1 Å². The van der Waals surface area contributed by atoms with Gasteiger partial charge in [0.15, 0.2) is 5.82 Å². The minimum Gasteiger partial charge on any atom is -0.316 e. The lowest BCUT2D eigenvalue weighted by atomic mass is 10.1. The average Bonchev–Trinajstić information content (AvgIpc) is 2.67. The third-order valence-electron chi connectivity index (χ3n) is 2.52. The fraction of sp³-hybridized carbons (Fsp3) is 0.600. The van der Waals surface area contributed by atoms with Crippen molar-refractivity contribution in [3.63, 3.8) is 0 Å². The number of aromatic nitrogens is 3. The molecule has 0 radical (unpaired) electrons. The number of hydrogen-bond acceptors (Lipinski definition) is 3. The van der Waals surface area contributed by atoms with Gasteiger partial charge in [-0.15, -0.1) is 0 Å². The van der Waals surface area contributed by atoms with E-state index in [1.165, 1.54) is 5.57 Å². The molecule has 2 rings (SSSR count). The Balaban J connectivity index is 2.14. The third kappa shape index (κ3) is 2.01.